The molecule has 2 N–H and O–H groups in total. The Kier molecular flexibility index (Phi) is 4.73. The van der Waals surface area contributed by atoms with Gasteiger partial charge in [0.05, 0.1) is 0 Å². The van der Waals surface area contributed by atoms with Crippen LogP contribution in [0.5, 0.6) is 0 Å². The number of halogens is 1. The van der Waals surface area contributed by atoms with Crippen molar-refractivity contribution in [3.8, 4) is 0 Å². The molecule has 2 aliphatic rings. The number of anilines is 1. The van der Waals surface area contributed by atoms with Crippen molar-refractivity contribution in [2.75, 3.05) is 11.9 Å². The summed E-state index contributed by atoms with van der Waals surface area (Å²) in [5.41, 5.74) is 0.471. The van der Waals surface area contributed by atoms with E-state index in [9.17, 15) is 14.4 Å². The van der Waals surface area contributed by atoms with Gasteiger partial charge in [-0.2, -0.15) is 0 Å². The van der Waals surface area contributed by atoms with E-state index in [1.807, 2.05) is 6.92 Å². The minimum atomic E-state index is -0.846. The molecule has 1 aromatic rings. The molecule has 7 heteroatoms. The molecule has 1 heterocycles. The van der Waals surface area contributed by atoms with Crippen LogP contribution in [0.15, 0.2) is 18.2 Å². The third kappa shape index (κ3) is 3.11. The van der Waals surface area contributed by atoms with E-state index in [0.717, 1.165) is 29.7 Å². The molecule has 2 fully saturated rings. The number of nitrogens with one attached hydrogen (secondary N) is 2. The van der Waals surface area contributed by atoms with Crippen LogP contribution in [-0.4, -0.2) is 34.8 Å². The number of hydrogen-bond donors (Lipinski definition) is 2. The van der Waals surface area contributed by atoms with Gasteiger partial charge >= 0.3 is 6.03 Å². The average Bonchev–Trinajstić information content (AvgIpc) is 2.80. The van der Waals surface area contributed by atoms with E-state index in [2.05, 4.69) is 10.6 Å². The molecule has 1 saturated heterocycles. The molecule has 134 valence electrons. The van der Waals surface area contributed by atoms with Gasteiger partial charge in [-0.1, -0.05) is 37.4 Å². The number of imide groups is 1. The van der Waals surface area contributed by atoms with E-state index < -0.39 is 17.5 Å². The van der Waals surface area contributed by atoms with Gasteiger partial charge in [-0.15, -0.1) is 0 Å². The number of benzene rings is 1. The molecule has 6 nitrogen and oxygen atoms in total. The first kappa shape index (κ1) is 17.7. The van der Waals surface area contributed by atoms with Gasteiger partial charge in [-0.25, -0.2) is 4.79 Å². The van der Waals surface area contributed by atoms with Crippen LogP contribution in [0.3, 0.4) is 0 Å². The van der Waals surface area contributed by atoms with E-state index in [-0.39, 0.29) is 18.4 Å². The van der Waals surface area contributed by atoms with Crippen molar-refractivity contribution in [3.05, 3.63) is 28.8 Å². The highest BCUT2D eigenvalue weighted by atomic mass is 35.5. The summed E-state index contributed by atoms with van der Waals surface area (Å²) in [6.07, 6.45) is 3.48. The maximum atomic E-state index is 12.9. The van der Waals surface area contributed by atoms with Gasteiger partial charge in [-0.05, 0) is 43.4 Å². The highest BCUT2D eigenvalue weighted by Crippen LogP contribution is 2.38. The highest BCUT2D eigenvalue weighted by molar-refractivity contribution is 6.31. The van der Waals surface area contributed by atoms with Crippen LogP contribution in [0.1, 0.15) is 38.2 Å². The van der Waals surface area contributed by atoms with E-state index in [4.69, 9.17) is 11.6 Å². The van der Waals surface area contributed by atoms with Gasteiger partial charge in [0.25, 0.3) is 5.91 Å². The molecule has 0 radical (unpaired) electrons. The Hall–Kier alpha value is -2.08. The summed E-state index contributed by atoms with van der Waals surface area (Å²) in [6, 6.07) is 4.71. The lowest BCUT2D eigenvalue weighted by molar-refractivity contribution is -0.136. The molecule has 3 rings (SSSR count). The minimum absolute atomic E-state index is 0.0703. The number of carbonyl (C=O) groups is 3. The van der Waals surface area contributed by atoms with Gasteiger partial charge in [0.1, 0.15) is 12.1 Å². The monoisotopic (exact) mass is 363 g/mol. The highest BCUT2D eigenvalue weighted by Gasteiger charge is 2.55. The SMILES string of the molecule is Cc1c(Cl)cccc1NC(=O)CN1C(=O)NC2(CCCCC2C)C1=O. The van der Waals surface area contributed by atoms with Crippen LogP contribution in [0.4, 0.5) is 10.5 Å². The van der Waals surface area contributed by atoms with E-state index in [1.165, 1.54) is 0 Å². The molecular formula is C18H22ClN3O3. The van der Waals surface area contributed by atoms with Gasteiger partial charge in [-0.3, -0.25) is 14.5 Å². The smallest absolute Gasteiger partial charge is 0.324 e. The van der Waals surface area contributed by atoms with Crippen LogP contribution < -0.4 is 10.6 Å². The molecule has 1 aliphatic carbocycles. The number of rotatable bonds is 3. The Labute approximate surface area is 151 Å². The third-order valence-corrected chi connectivity index (χ3v) is 5.75. The maximum Gasteiger partial charge on any atom is 0.325 e. The maximum absolute atomic E-state index is 12.9. The second kappa shape index (κ2) is 6.67. The second-order valence-corrected chi connectivity index (χ2v) is 7.31. The van der Waals surface area contributed by atoms with Crippen molar-refractivity contribution in [2.24, 2.45) is 5.92 Å². The third-order valence-electron chi connectivity index (χ3n) is 5.34. The molecule has 1 saturated carbocycles. The molecule has 25 heavy (non-hydrogen) atoms. The van der Waals surface area contributed by atoms with Gasteiger partial charge in [0.2, 0.25) is 5.91 Å². The van der Waals surface area contributed by atoms with E-state index in [1.54, 1.807) is 25.1 Å². The lowest BCUT2D eigenvalue weighted by Crippen LogP contribution is -2.54. The first-order valence-corrected chi connectivity index (χ1v) is 8.92. The quantitative estimate of drug-likeness (QED) is 0.810. The molecule has 1 spiro atoms. The van der Waals surface area contributed by atoms with Gasteiger partial charge < -0.3 is 10.6 Å². The summed E-state index contributed by atoms with van der Waals surface area (Å²) in [5, 5.41) is 6.11. The second-order valence-electron chi connectivity index (χ2n) is 6.90. The van der Waals surface area contributed by atoms with Crippen LogP contribution in [0.2, 0.25) is 5.02 Å². The lowest BCUT2D eigenvalue weighted by atomic mass is 9.73. The summed E-state index contributed by atoms with van der Waals surface area (Å²) in [4.78, 5) is 38.5. The van der Waals surface area contributed by atoms with Crippen molar-refractivity contribution >= 4 is 35.1 Å². The zero-order chi connectivity index (χ0) is 18.2. The summed E-state index contributed by atoms with van der Waals surface area (Å²) in [7, 11) is 0. The summed E-state index contributed by atoms with van der Waals surface area (Å²) >= 11 is 6.05. The van der Waals surface area contributed by atoms with Gasteiger partial charge in [0, 0.05) is 10.7 Å². The van der Waals surface area contributed by atoms with Crippen LogP contribution >= 0.6 is 11.6 Å². The number of carbonyl (C=O) groups excluding carboxylic acids is 3. The largest absolute Gasteiger partial charge is 0.325 e. The normalized spacial score (nSPS) is 26.0. The number of urea groups is 1. The van der Waals surface area contributed by atoms with E-state index >= 15 is 0 Å². The van der Waals surface area contributed by atoms with Crippen molar-refractivity contribution < 1.29 is 14.4 Å². The predicted molar refractivity (Wildman–Crippen MR) is 95.4 cm³/mol. The fraction of sp³-hybridized carbons (Fsp3) is 0.500. The van der Waals surface area contributed by atoms with Crippen molar-refractivity contribution in [3.63, 3.8) is 0 Å². The molecule has 1 aromatic carbocycles. The number of amides is 4. The molecule has 0 aromatic heterocycles. The standard InChI is InChI=1S/C18H22ClN3O3/c1-11-6-3-4-9-18(11)16(24)22(17(25)21-18)10-15(23)20-14-8-5-7-13(19)12(14)2/h5,7-8,11H,3-4,6,9-10H2,1-2H3,(H,20,23)(H,21,25). The number of hydrogen-bond acceptors (Lipinski definition) is 3. The lowest BCUT2D eigenvalue weighted by Gasteiger charge is -2.36. The van der Waals surface area contributed by atoms with Crippen LogP contribution in [-0.2, 0) is 9.59 Å². The Balaban J connectivity index is 1.72. The van der Waals surface area contributed by atoms with Crippen molar-refractivity contribution in [1.82, 2.24) is 10.2 Å². The first-order chi connectivity index (χ1) is 11.8. The summed E-state index contributed by atoms with van der Waals surface area (Å²) in [6.45, 7) is 3.48. The van der Waals surface area contributed by atoms with E-state index in [0.29, 0.717) is 17.1 Å². The predicted octanol–water partition coefficient (Wildman–Crippen LogP) is 3.09. The summed E-state index contributed by atoms with van der Waals surface area (Å²) < 4.78 is 0. The van der Waals surface area contributed by atoms with Crippen molar-refractivity contribution in [2.45, 2.75) is 45.1 Å². The Bertz CT molecular complexity index is 736. The minimum Gasteiger partial charge on any atom is -0.324 e. The first-order valence-electron chi connectivity index (χ1n) is 8.54. The van der Waals surface area contributed by atoms with Crippen LogP contribution in [0.25, 0.3) is 0 Å². The molecule has 0 bridgehead atoms. The Morgan fingerprint density at radius 2 is 2.16 bits per heavy atom. The van der Waals surface area contributed by atoms with Crippen molar-refractivity contribution in [1.29, 1.82) is 0 Å². The fourth-order valence-corrected chi connectivity index (χ4v) is 3.89. The topological polar surface area (TPSA) is 78.5 Å². The van der Waals surface area contributed by atoms with Gasteiger partial charge in [0.15, 0.2) is 0 Å². The molecule has 2 atom stereocenters. The molecule has 2 unspecified atom stereocenters. The molecule has 1 aliphatic heterocycles. The number of nitrogens with zero attached hydrogens (tertiary/aromatic N) is 1. The van der Waals surface area contributed by atoms with Crippen LogP contribution in [0, 0.1) is 12.8 Å². The zero-order valence-corrected chi connectivity index (χ0v) is 15.2. The average molecular weight is 364 g/mol. The molecular weight excluding hydrogens is 342 g/mol. The Morgan fingerprint density at radius 3 is 2.88 bits per heavy atom. The summed E-state index contributed by atoms with van der Waals surface area (Å²) in [5.74, 6) is -0.641. The zero-order valence-electron chi connectivity index (χ0n) is 14.4. The Morgan fingerprint density at radius 1 is 1.40 bits per heavy atom. The molecule has 4 amide bonds. The fourth-order valence-electron chi connectivity index (χ4n) is 3.72.